The summed E-state index contributed by atoms with van der Waals surface area (Å²) in [5, 5.41) is 0. The molecule has 2 rings (SSSR count). The molecule has 5 heteroatoms. The molecule has 106 valence electrons. The number of carbonyl (C=O) groups excluding carboxylic acids is 1. The van der Waals surface area contributed by atoms with Gasteiger partial charge in [0.15, 0.2) is 5.69 Å². The Balaban J connectivity index is 2.30. The zero-order valence-corrected chi connectivity index (χ0v) is 12.2. The van der Waals surface area contributed by atoms with Gasteiger partial charge in [-0.25, -0.2) is 9.78 Å². The van der Waals surface area contributed by atoms with Crippen LogP contribution in [-0.4, -0.2) is 22.1 Å². The van der Waals surface area contributed by atoms with Crippen molar-refractivity contribution in [3.05, 3.63) is 11.5 Å². The van der Waals surface area contributed by atoms with Crippen LogP contribution in [0.15, 0.2) is 0 Å². The molecule has 0 saturated heterocycles. The van der Waals surface area contributed by atoms with Crippen molar-refractivity contribution in [1.82, 2.24) is 9.55 Å². The van der Waals surface area contributed by atoms with Gasteiger partial charge in [-0.3, -0.25) is 0 Å². The Labute approximate surface area is 114 Å². The molecule has 5 nitrogen and oxygen atoms in total. The van der Waals surface area contributed by atoms with Crippen molar-refractivity contribution in [1.29, 1.82) is 0 Å². The molecule has 1 saturated carbocycles. The fourth-order valence-corrected chi connectivity index (χ4v) is 2.99. The molecule has 1 heterocycles. The number of hydrogen-bond acceptors (Lipinski definition) is 4. The van der Waals surface area contributed by atoms with Gasteiger partial charge in [0.1, 0.15) is 11.6 Å². The van der Waals surface area contributed by atoms with Gasteiger partial charge in [-0.05, 0) is 38.5 Å². The smallest absolute Gasteiger partial charge is 0.360 e. The van der Waals surface area contributed by atoms with E-state index in [-0.39, 0.29) is 5.69 Å². The first-order chi connectivity index (χ1) is 8.85. The number of anilines is 1. The lowest BCUT2D eigenvalue weighted by Gasteiger charge is -2.19. The number of imidazole rings is 1. The molecule has 0 amide bonds. The fourth-order valence-electron chi connectivity index (χ4n) is 2.99. The normalized spacial score (nSPS) is 21.6. The summed E-state index contributed by atoms with van der Waals surface area (Å²) in [6.45, 7) is 8.53. The maximum absolute atomic E-state index is 11.8. The fraction of sp³-hybridized carbons (Fsp3) is 0.714. The second kappa shape index (κ2) is 4.87. The Hall–Kier alpha value is -1.52. The third kappa shape index (κ3) is 2.60. The minimum atomic E-state index is -0.431. The largest absolute Gasteiger partial charge is 0.461 e. The van der Waals surface area contributed by atoms with E-state index in [1.807, 2.05) is 11.5 Å². The Morgan fingerprint density at radius 1 is 1.58 bits per heavy atom. The van der Waals surface area contributed by atoms with E-state index in [1.165, 1.54) is 6.42 Å². The van der Waals surface area contributed by atoms with Crippen LogP contribution in [0.25, 0.3) is 0 Å². The number of nitrogen functional groups attached to an aromatic ring is 1. The number of hydrogen-bond donors (Lipinski definition) is 1. The van der Waals surface area contributed by atoms with E-state index in [9.17, 15) is 4.79 Å². The molecule has 0 bridgehead atoms. The minimum Gasteiger partial charge on any atom is -0.461 e. The molecule has 2 N–H and O–H groups in total. The molecule has 1 unspecified atom stereocenters. The number of rotatable bonds is 3. The highest BCUT2D eigenvalue weighted by Gasteiger charge is 2.34. The first-order valence-electron chi connectivity index (χ1n) is 6.87. The number of nitrogens with two attached hydrogens (primary N) is 1. The average Bonchev–Trinajstić information content (AvgIpc) is 2.79. The van der Waals surface area contributed by atoms with Crippen molar-refractivity contribution in [2.75, 3.05) is 12.3 Å². The zero-order valence-electron chi connectivity index (χ0n) is 12.2. The number of ether oxygens (including phenoxy) is 1. The summed E-state index contributed by atoms with van der Waals surface area (Å²) >= 11 is 0. The molecule has 1 aromatic heterocycles. The Morgan fingerprint density at radius 3 is 2.79 bits per heavy atom. The summed E-state index contributed by atoms with van der Waals surface area (Å²) in [6, 6.07) is 0.339. The van der Waals surface area contributed by atoms with Gasteiger partial charge in [0.2, 0.25) is 0 Å². The molecule has 0 spiro atoms. The number of aryl methyl sites for hydroxylation is 1. The SMILES string of the molecule is CCOC(=O)c1nc(C)n(C2CCC(C)(C)C2)c1N. The minimum absolute atomic E-state index is 0.254. The van der Waals surface area contributed by atoms with Crippen molar-refractivity contribution in [3.8, 4) is 0 Å². The second-order valence-corrected chi connectivity index (χ2v) is 6.04. The third-order valence-corrected chi connectivity index (χ3v) is 3.90. The summed E-state index contributed by atoms with van der Waals surface area (Å²) in [5.74, 6) is 0.806. The summed E-state index contributed by atoms with van der Waals surface area (Å²) < 4.78 is 6.99. The maximum Gasteiger partial charge on any atom is 0.360 e. The third-order valence-electron chi connectivity index (χ3n) is 3.90. The number of carbonyl (C=O) groups is 1. The van der Waals surface area contributed by atoms with E-state index >= 15 is 0 Å². The topological polar surface area (TPSA) is 70.1 Å². The Kier molecular flexibility index (Phi) is 3.56. The van der Waals surface area contributed by atoms with E-state index in [4.69, 9.17) is 10.5 Å². The van der Waals surface area contributed by atoms with Crippen LogP contribution >= 0.6 is 0 Å². The van der Waals surface area contributed by atoms with Gasteiger partial charge in [0, 0.05) is 6.04 Å². The molecule has 0 aromatic carbocycles. The van der Waals surface area contributed by atoms with Crippen LogP contribution in [0.3, 0.4) is 0 Å². The molecule has 0 radical (unpaired) electrons. The molecule has 1 atom stereocenters. The second-order valence-electron chi connectivity index (χ2n) is 6.04. The predicted octanol–water partition coefficient (Wildman–Crippen LogP) is 2.70. The van der Waals surface area contributed by atoms with E-state index in [0.29, 0.717) is 23.9 Å². The quantitative estimate of drug-likeness (QED) is 0.853. The number of aromatic nitrogens is 2. The average molecular weight is 265 g/mol. The highest BCUT2D eigenvalue weighted by molar-refractivity contribution is 5.92. The molecular weight excluding hydrogens is 242 g/mol. The lowest BCUT2D eigenvalue weighted by atomic mass is 9.92. The summed E-state index contributed by atoms with van der Waals surface area (Å²) in [7, 11) is 0. The van der Waals surface area contributed by atoms with Gasteiger partial charge in [-0.1, -0.05) is 13.8 Å². The molecule has 0 aliphatic heterocycles. The maximum atomic E-state index is 11.8. The summed E-state index contributed by atoms with van der Waals surface area (Å²) in [4.78, 5) is 16.1. The highest BCUT2D eigenvalue weighted by atomic mass is 16.5. The van der Waals surface area contributed by atoms with E-state index in [0.717, 1.165) is 18.7 Å². The van der Waals surface area contributed by atoms with Crippen LogP contribution in [0.5, 0.6) is 0 Å². The Morgan fingerprint density at radius 2 is 2.26 bits per heavy atom. The first-order valence-corrected chi connectivity index (χ1v) is 6.87. The predicted molar refractivity (Wildman–Crippen MR) is 74.0 cm³/mol. The van der Waals surface area contributed by atoms with Crippen LogP contribution in [0.4, 0.5) is 5.82 Å². The lowest BCUT2D eigenvalue weighted by Crippen LogP contribution is -2.14. The Bertz CT molecular complexity index is 491. The molecule has 1 aliphatic rings. The van der Waals surface area contributed by atoms with Gasteiger partial charge in [-0.15, -0.1) is 0 Å². The van der Waals surface area contributed by atoms with Gasteiger partial charge in [0.05, 0.1) is 6.61 Å². The van der Waals surface area contributed by atoms with Crippen LogP contribution in [0.1, 0.15) is 62.4 Å². The van der Waals surface area contributed by atoms with Gasteiger partial charge in [-0.2, -0.15) is 0 Å². The first kappa shape index (κ1) is 13.9. The molecule has 1 aliphatic carbocycles. The van der Waals surface area contributed by atoms with Crippen LogP contribution in [-0.2, 0) is 4.74 Å². The summed E-state index contributed by atoms with van der Waals surface area (Å²) in [6.07, 6.45) is 3.32. The van der Waals surface area contributed by atoms with Crippen molar-refractivity contribution in [3.63, 3.8) is 0 Å². The van der Waals surface area contributed by atoms with E-state index in [1.54, 1.807) is 6.92 Å². The van der Waals surface area contributed by atoms with E-state index in [2.05, 4.69) is 18.8 Å². The highest BCUT2D eigenvalue weighted by Crippen LogP contribution is 2.44. The van der Waals surface area contributed by atoms with Gasteiger partial charge < -0.3 is 15.0 Å². The van der Waals surface area contributed by atoms with Gasteiger partial charge >= 0.3 is 5.97 Å². The summed E-state index contributed by atoms with van der Waals surface area (Å²) in [5.41, 5.74) is 6.69. The van der Waals surface area contributed by atoms with Gasteiger partial charge in [0.25, 0.3) is 0 Å². The molecule has 19 heavy (non-hydrogen) atoms. The number of esters is 1. The van der Waals surface area contributed by atoms with Crippen LogP contribution in [0.2, 0.25) is 0 Å². The van der Waals surface area contributed by atoms with E-state index < -0.39 is 5.97 Å². The molecular formula is C14H23N3O2. The monoisotopic (exact) mass is 265 g/mol. The van der Waals surface area contributed by atoms with Crippen LogP contribution < -0.4 is 5.73 Å². The lowest BCUT2D eigenvalue weighted by molar-refractivity contribution is 0.0521. The van der Waals surface area contributed by atoms with Crippen molar-refractivity contribution < 1.29 is 9.53 Å². The molecule has 1 aromatic rings. The van der Waals surface area contributed by atoms with Crippen LogP contribution in [0, 0.1) is 12.3 Å². The number of nitrogens with zero attached hydrogens (tertiary/aromatic N) is 2. The van der Waals surface area contributed by atoms with Crippen molar-refractivity contribution in [2.45, 2.75) is 53.0 Å². The molecule has 1 fully saturated rings. The standard InChI is InChI=1S/C14H23N3O2/c1-5-19-13(18)11-12(15)17(9(2)16-11)10-6-7-14(3,4)8-10/h10H,5-8,15H2,1-4H3. The zero-order chi connectivity index (χ0) is 14.2. The van der Waals surface area contributed by atoms with Crippen molar-refractivity contribution in [2.24, 2.45) is 5.41 Å². The van der Waals surface area contributed by atoms with Crippen molar-refractivity contribution >= 4 is 11.8 Å².